The van der Waals surface area contributed by atoms with E-state index in [2.05, 4.69) is 40.7 Å². The maximum absolute atomic E-state index is 12.9. The topological polar surface area (TPSA) is 197 Å². The van der Waals surface area contributed by atoms with E-state index in [4.69, 9.17) is 45.4 Å². The molecule has 0 radical (unpaired) electrons. The Bertz CT molecular complexity index is 1670. The number of carbonyl (C=O) groups is 3. The van der Waals surface area contributed by atoms with Gasteiger partial charge in [-0.1, -0.05) is 48.9 Å². The third kappa shape index (κ3) is 15.1. The summed E-state index contributed by atoms with van der Waals surface area (Å²) >= 11 is 7.48. The molecular weight excluding hydrogens is 772 g/mol. The molecule has 20 heteroatoms. The number of benzene rings is 1. The average molecular weight is 823 g/mol. The van der Waals surface area contributed by atoms with E-state index in [0.29, 0.717) is 65.2 Å². The highest BCUT2D eigenvalue weighted by Gasteiger charge is 2.26. The monoisotopic (exact) mass is 822 g/mol. The van der Waals surface area contributed by atoms with E-state index in [0.717, 1.165) is 24.5 Å². The van der Waals surface area contributed by atoms with Crippen LogP contribution in [0.25, 0.3) is 0 Å². The highest BCUT2D eigenvalue weighted by Crippen LogP contribution is 2.28. The van der Waals surface area contributed by atoms with Crippen molar-refractivity contribution in [1.82, 2.24) is 25.2 Å². The standard InChI is InChI=1S/C36H51ClN8O10S/c1-24(2)32(42-31(46)23-50-16-18-53-55-20-19-54-52-17-15-49-5)35(48)51-14-13-44-9-11-45(12-10-44)30-21-29(39-26(4)40-30)41-36-38-22-28(56-36)34(47)43-33-25(3)7-6-8-27(33)37/h6-8,21-22,24,32H,9-20,23H2,1-5H3,(H,42,46)(H,43,47)(H,38,39,40,41)/t32-/m1/s1. The summed E-state index contributed by atoms with van der Waals surface area (Å²) in [6, 6.07) is 6.47. The minimum Gasteiger partial charge on any atom is -0.463 e. The van der Waals surface area contributed by atoms with Crippen molar-refractivity contribution >= 4 is 63.2 Å². The SMILES string of the molecule is COCCOOCCOOCCOCC(=O)N[C@@H](C(=O)OCCN1CCN(c2cc(Nc3ncc(C(=O)Nc4c(C)cccc4Cl)s3)nc(C)n2)CC1)C(C)C. The molecule has 3 aromatic rings. The molecule has 1 aromatic carbocycles. The first-order chi connectivity index (χ1) is 27.0. The number of carbonyl (C=O) groups excluding carboxylic acids is 3. The van der Waals surface area contributed by atoms with Crippen molar-refractivity contribution in [2.75, 3.05) is 108 Å². The smallest absolute Gasteiger partial charge is 0.328 e. The zero-order valence-corrected chi connectivity index (χ0v) is 33.9. The fourth-order valence-corrected chi connectivity index (χ4v) is 6.23. The Balaban J connectivity index is 1.13. The maximum Gasteiger partial charge on any atom is 0.328 e. The van der Waals surface area contributed by atoms with Crippen LogP contribution in [0.2, 0.25) is 5.02 Å². The summed E-state index contributed by atoms with van der Waals surface area (Å²) in [6.07, 6.45) is 1.51. The third-order valence-electron chi connectivity index (χ3n) is 8.17. The van der Waals surface area contributed by atoms with Crippen LogP contribution in [-0.4, -0.2) is 136 Å². The number of esters is 1. The number of aryl methyl sites for hydroxylation is 2. The van der Waals surface area contributed by atoms with Gasteiger partial charge in [0.05, 0.1) is 30.1 Å². The zero-order valence-electron chi connectivity index (χ0n) is 32.3. The van der Waals surface area contributed by atoms with Crippen molar-refractivity contribution in [3.8, 4) is 0 Å². The van der Waals surface area contributed by atoms with Crippen molar-refractivity contribution in [2.24, 2.45) is 5.92 Å². The summed E-state index contributed by atoms with van der Waals surface area (Å²) in [4.78, 5) is 76.1. The summed E-state index contributed by atoms with van der Waals surface area (Å²) in [5.74, 6) is 0.470. The summed E-state index contributed by atoms with van der Waals surface area (Å²) in [7, 11) is 1.56. The summed E-state index contributed by atoms with van der Waals surface area (Å²) in [5.41, 5.74) is 1.43. The average Bonchev–Trinajstić information content (AvgIpc) is 3.64. The second-order valence-corrected chi connectivity index (χ2v) is 14.3. The lowest BCUT2D eigenvalue weighted by Gasteiger charge is -2.35. The molecule has 0 unspecified atom stereocenters. The van der Waals surface area contributed by atoms with E-state index < -0.39 is 17.9 Å². The number of methoxy groups -OCH3 is 1. The van der Waals surface area contributed by atoms with E-state index >= 15 is 0 Å². The van der Waals surface area contributed by atoms with Gasteiger partial charge < -0.3 is 35.1 Å². The number of hydrogen-bond acceptors (Lipinski definition) is 17. The molecule has 1 atom stereocenters. The van der Waals surface area contributed by atoms with Crippen molar-refractivity contribution in [2.45, 2.75) is 33.7 Å². The molecule has 1 aliphatic rings. The highest BCUT2D eigenvalue weighted by atomic mass is 35.5. The number of piperazine rings is 1. The molecule has 3 heterocycles. The van der Waals surface area contributed by atoms with Crippen LogP contribution in [0.5, 0.6) is 0 Å². The van der Waals surface area contributed by atoms with Gasteiger partial charge in [0.2, 0.25) is 5.91 Å². The Morgan fingerprint density at radius 1 is 0.929 bits per heavy atom. The van der Waals surface area contributed by atoms with Crippen LogP contribution in [-0.2, 0) is 43.3 Å². The van der Waals surface area contributed by atoms with Gasteiger partial charge in [0.25, 0.3) is 5.91 Å². The second-order valence-electron chi connectivity index (χ2n) is 12.8. The lowest BCUT2D eigenvalue weighted by Crippen LogP contribution is -2.49. The predicted molar refractivity (Wildman–Crippen MR) is 209 cm³/mol. The van der Waals surface area contributed by atoms with Gasteiger partial charge in [-0.25, -0.2) is 39.3 Å². The van der Waals surface area contributed by atoms with E-state index in [1.54, 1.807) is 13.2 Å². The fraction of sp³-hybridized carbons (Fsp3) is 0.556. The quantitative estimate of drug-likeness (QED) is 0.0513. The van der Waals surface area contributed by atoms with Gasteiger partial charge in [0.1, 0.15) is 68.0 Å². The summed E-state index contributed by atoms with van der Waals surface area (Å²) in [6.45, 7) is 12.0. The molecule has 1 fully saturated rings. The molecule has 56 heavy (non-hydrogen) atoms. The van der Waals surface area contributed by atoms with E-state index in [9.17, 15) is 14.4 Å². The number of para-hydroxylation sites is 1. The number of aromatic nitrogens is 3. The van der Waals surface area contributed by atoms with Gasteiger partial charge in [-0.05, 0) is 31.4 Å². The van der Waals surface area contributed by atoms with E-state index in [1.807, 2.05) is 45.9 Å². The summed E-state index contributed by atoms with van der Waals surface area (Å²) in [5, 5.41) is 9.75. The van der Waals surface area contributed by atoms with Gasteiger partial charge in [-0.2, -0.15) is 0 Å². The molecular formula is C36H51ClN8O10S. The number of rotatable bonds is 24. The van der Waals surface area contributed by atoms with Gasteiger partial charge >= 0.3 is 5.97 Å². The van der Waals surface area contributed by atoms with E-state index in [-0.39, 0.29) is 51.5 Å². The minimum absolute atomic E-state index is 0.0991. The maximum atomic E-state index is 12.9. The van der Waals surface area contributed by atoms with Gasteiger partial charge in [0, 0.05) is 45.9 Å². The van der Waals surface area contributed by atoms with Gasteiger partial charge in [-0.3, -0.25) is 14.5 Å². The van der Waals surface area contributed by atoms with Crippen LogP contribution in [0.1, 0.15) is 34.9 Å². The molecule has 2 amide bonds. The second kappa shape index (κ2) is 23.9. The summed E-state index contributed by atoms with van der Waals surface area (Å²) < 4.78 is 15.7. The Hall–Kier alpha value is -4.05. The first-order valence-corrected chi connectivity index (χ1v) is 19.4. The Kier molecular flexibility index (Phi) is 19.1. The first kappa shape index (κ1) is 44.7. The minimum atomic E-state index is -0.816. The van der Waals surface area contributed by atoms with Crippen LogP contribution in [0, 0.1) is 19.8 Å². The number of halogens is 1. The molecule has 2 aromatic heterocycles. The van der Waals surface area contributed by atoms with Crippen LogP contribution in [0.3, 0.4) is 0 Å². The molecule has 3 N–H and O–H groups in total. The van der Waals surface area contributed by atoms with Gasteiger partial charge in [-0.15, -0.1) is 0 Å². The third-order valence-corrected chi connectivity index (χ3v) is 9.39. The number of hydrogen-bond donors (Lipinski definition) is 3. The number of nitrogens with one attached hydrogen (secondary N) is 3. The molecule has 0 aliphatic carbocycles. The normalized spacial score (nSPS) is 13.8. The van der Waals surface area contributed by atoms with E-state index in [1.165, 1.54) is 17.5 Å². The molecule has 1 saturated heterocycles. The number of thiazole rings is 1. The molecule has 0 saturated carbocycles. The van der Waals surface area contributed by atoms with Crippen molar-refractivity contribution < 1.29 is 48.1 Å². The number of amides is 2. The number of anilines is 4. The lowest BCUT2D eigenvalue weighted by atomic mass is 10.0. The Morgan fingerprint density at radius 2 is 1.62 bits per heavy atom. The van der Waals surface area contributed by atoms with Crippen LogP contribution < -0.4 is 20.9 Å². The van der Waals surface area contributed by atoms with Crippen molar-refractivity contribution in [1.29, 1.82) is 0 Å². The predicted octanol–water partition coefficient (Wildman–Crippen LogP) is 3.56. The molecule has 18 nitrogen and oxygen atoms in total. The molecule has 308 valence electrons. The number of nitrogens with zero attached hydrogens (tertiary/aromatic N) is 5. The van der Waals surface area contributed by atoms with Crippen LogP contribution in [0.15, 0.2) is 30.5 Å². The van der Waals surface area contributed by atoms with Crippen LogP contribution >= 0.6 is 22.9 Å². The largest absolute Gasteiger partial charge is 0.463 e. The lowest BCUT2D eigenvalue weighted by molar-refractivity contribution is -0.343. The first-order valence-electron chi connectivity index (χ1n) is 18.2. The Morgan fingerprint density at radius 3 is 2.30 bits per heavy atom. The molecule has 0 bridgehead atoms. The van der Waals surface area contributed by atoms with Crippen molar-refractivity contribution in [3.05, 3.63) is 51.7 Å². The van der Waals surface area contributed by atoms with Gasteiger partial charge in [0.15, 0.2) is 5.13 Å². The molecule has 1 aliphatic heterocycles. The van der Waals surface area contributed by atoms with Crippen LogP contribution in [0.4, 0.5) is 22.5 Å². The number of ether oxygens (including phenoxy) is 3. The fourth-order valence-electron chi connectivity index (χ4n) is 5.25. The van der Waals surface area contributed by atoms with Crippen molar-refractivity contribution in [3.63, 3.8) is 0 Å². The molecule has 0 spiro atoms. The molecule has 4 rings (SSSR count). The highest BCUT2D eigenvalue weighted by molar-refractivity contribution is 7.17. The Labute approximate surface area is 335 Å². The zero-order chi connectivity index (χ0) is 40.3.